The number of fused-ring (bicyclic) bond motifs is 1. The molecular weight excluding hydrogens is 1100 g/mol. The Balaban J connectivity index is 1.38. The first-order chi connectivity index (χ1) is 39.7. The first-order valence-electron chi connectivity index (χ1n) is 29.5. The Morgan fingerprint density at radius 1 is 0.679 bits per heavy atom. The maximum Gasteiger partial charge on any atom is 0.326 e. The number of carbonyl (C=O) groups excluding carboxylic acids is 9. The van der Waals surface area contributed by atoms with Crippen LogP contribution < -0.4 is 53.6 Å². The summed E-state index contributed by atoms with van der Waals surface area (Å²) in [5.41, 5.74) is 6.33. The molecule has 14 N–H and O–H groups in total. The number of nitrogens with two attached hydrogens (primary N) is 1. The first-order valence-corrected chi connectivity index (χ1v) is 30.5. The predicted octanol–water partition coefficient (Wildman–Crippen LogP) is 2.27. The van der Waals surface area contributed by atoms with Crippen LogP contribution in [0.15, 0.2) is 54.6 Å². The lowest BCUT2D eigenvalue weighted by molar-refractivity contribution is -0.143. The predicted molar refractivity (Wildman–Crippen MR) is 319 cm³/mol. The van der Waals surface area contributed by atoms with Gasteiger partial charge in [0.15, 0.2) is 5.78 Å². The van der Waals surface area contributed by atoms with Crippen molar-refractivity contribution >= 4 is 70.8 Å². The number of carboxylic acid groups (broad SMARTS) is 1. The summed E-state index contributed by atoms with van der Waals surface area (Å²) in [6, 6.07) is 6.29. The van der Waals surface area contributed by atoms with Gasteiger partial charge in [0.25, 0.3) is 0 Å². The van der Waals surface area contributed by atoms with Crippen molar-refractivity contribution in [2.24, 2.45) is 17.6 Å². The number of aliphatic hydroxyl groups is 2. The molecule has 0 unspecified atom stereocenters. The number of hydrogen-bond acceptors (Lipinski definition) is 15. The van der Waals surface area contributed by atoms with Crippen LogP contribution in [0.25, 0.3) is 0 Å². The van der Waals surface area contributed by atoms with Crippen LogP contribution in [0.1, 0.15) is 154 Å². The van der Waals surface area contributed by atoms with Gasteiger partial charge in [0.05, 0.1) is 29.8 Å². The number of thioether (sulfide) groups is 1. The number of rotatable bonds is 38. The molecular formula is C60H92N10O13S. The first kappa shape index (κ1) is 70.0. The number of carbonyl (C=O) groups is 10. The van der Waals surface area contributed by atoms with Gasteiger partial charge in [-0.3, -0.25) is 43.7 Å². The number of aliphatic hydroxyl groups excluding tert-OH is 2. The quantitative estimate of drug-likeness (QED) is 0.0261. The molecule has 84 heavy (non-hydrogen) atoms. The fourth-order valence-electron chi connectivity index (χ4n) is 10.2. The van der Waals surface area contributed by atoms with E-state index in [9.17, 15) is 63.3 Å². The van der Waals surface area contributed by atoms with E-state index >= 15 is 0 Å². The average molecular weight is 1190 g/mol. The van der Waals surface area contributed by atoms with Gasteiger partial charge in [-0.15, -0.1) is 0 Å². The lowest BCUT2D eigenvalue weighted by Gasteiger charge is -2.35. The van der Waals surface area contributed by atoms with E-state index in [2.05, 4.69) is 61.7 Å². The Kier molecular flexibility index (Phi) is 28.2. The number of hydrogen-bond donors (Lipinski definition) is 13. The lowest BCUT2D eigenvalue weighted by atomic mass is 9.79. The van der Waals surface area contributed by atoms with Gasteiger partial charge in [0.2, 0.25) is 35.4 Å². The van der Waals surface area contributed by atoms with E-state index in [0.717, 1.165) is 18.6 Å². The van der Waals surface area contributed by atoms with Gasteiger partial charge in [0.1, 0.15) is 42.0 Å². The van der Waals surface area contributed by atoms with Crippen molar-refractivity contribution in [2.75, 3.05) is 25.4 Å². The highest BCUT2D eigenvalue weighted by molar-refractivity contribution is 8.00. The van der Waals surface area contributed by atoms with Crippen LogP contribution in [-0.2, 0) is 44.8 Å². The fraction of sp³-hybridized carbons (Fsp3) is 0.633. The van der Waals surface area contributed by atoms with E-state index in [1.165, 1.54) is 13.8 Å². The number of Topliss-reactive ketones (excluding diaryl/α,β-unsaturated/α-hetero) is 1. The number of nitrogens with one attached hydrogen (secondary N) is 9. The summed E-state index contributed by atoms with van der Waals surface area (Å²) in [5.74, 6) is -6.10. The van der Waals surface area contributed by atoms with Gasteiger partial charge in [-0.05, 0) is 103 Å². The molecule has 2 aliphatic rings. The third-order valence-corrected chi connectivity index (χ3v) is 17.7. The molecule has 0 aromatic heterocycles. The molecule has 2 saturated heterocycles. The maximum atomic E-state index is 14.4. The Hall–Kier alpha value is -6.47. The second-order valence-electron chi connectivity index (χ2n) is 23.2. The molecule has 0 bridgehead atoms. The summed E-state index contributed by atoms with van der Waals surface area (Å²) in [6.07, 6.45) is 2.09. The van der Waals surface area contributed by atoms with E-state index in [-0.39, 0.29) is 84.5 Å². The number of benzene rings is 2. The van der Waals surface area contributed by atoms with E-state index in [0.29, 0.717) is 68.2 Å². The van der Waals surface area contributed by atoms with Gasteiger partial charge >= 0.3 is 12.0 Å². The monoisotopic (exact) mass is 1190 g/mol. The fourth-order valence-corrected chi connectivity index (χ4v) is 12.1. The van der Waals surface area contributed by atoms with Crippen LogP contribution in [0.2, 0.25) is 0 Å². The normalized spacial score (nSPS) is 20.4. The van der Waals surface area contributed by atoms with Crippen LogP contribution in [0.4, 0.5) is 4.79 Å². The molecule has 8 amide bonds. The summed E-state index contributed by atoms with van der Waals surface area (Å²) in [4.78, 5) is 133. The molecule has 0 aliphatic carbocycles. The standard InChI is InChI=1S/C60H92N10O13S/c1-9-36(4)48(67-55(79)49(37(5)71)63-33-42(73)21-16-18-30-62-47(74)24-14-13-23-46-60(8)59(7,34-84-46)69-58(83)70-60)54(78)68-50(38(6)72)56(80)65-44(32-39-25-27-41(28-26-39)51(75)40-19-11-10-12-20-40)53(77)64-43(22-15-17-29-61)52(76)66-45(57(81)82)31-35(2)3/h10-12,19-20,25-28,35-38,43-46,48-50,63,71-72H,9,13-18,21-24,29-34,61H2,1-8H3,(H,62,74)(H,64,77)(H,65,80)(H,66,76)(H,67,79)(H,68,78)(H,81,82)(H2,69,70,83)/t36-,37+,38+,43-,44-,45-,46-,48-,49-,50-,59-,60+/m0/s1. The molecule has 0 saturated carbocycles. The topological polar surface area (TPSA) is 366 Å². The number of urea groups is 1. The van der Waals surface area contributed by atoms with Gasteiger partial charge in [-0.2, -0.15) is 11.8 Å². The Labute approximate surface area is 497 Å². The number of ketones is 2. The highest BCUT2D eigenvalue weighted by Gasteiger charge is 2.60. The van der Waals surface area contributed by atoms with Crippen molar-refractivity contribution in [3.63, 3.8) is 0 Å². The largest absolute Gasteiger partial charge is 0.480 e. The van der Waals surface area contributed by atoms with Gasteiger partial charge in [0, 0.05) is 47.9 Å². The Morgan fingerprint density at radius 2 is 1.26 bits per heavy atom. The second-order valence-corrected chi connectivity index (χ2v) is 24.4. The molecule has 4 rings (SSSR count). The number of unbranched alkanes of at least 4 members (excludes halogenated alkanes) is 3. The molecule has 2 aromatic carbocycles. The minimum absolute atomic E-state index is 0.0596. The van der Waals surface area contributed by atoms with Crippen LogP contribution >= 0.6 is 11.8 Å². The van der Waals surface area contributed by atoms with E-state index in [4.69, 9.17) is 5.73 Å². The zero-order valence-corrected chi connectivity index (χ0v) is 50.8. The van der Waals surface area contributed by atoms with Crippen molar-refractivity contribution in [3.8, 4) is 0 Å². The van der Waals surface area contributed by atoms with Crippen molar-refractivity contribution in [1.29, 1.82) is 0 Å². The van der Waals surface area contributed by atoms with Crippen molar-refractivity contribution in [1.82, 2.24) is 47.9 Å². The highest BCUT2D eigenvalue weighted by Crippen LogP contribution is 2.47. The minimum atomic E-state index is -1.72. The molecule has 466 valence electrons. The zero-order valence-electron chi connectivity index (χ0n) is 50.0. The molecule has 12 atom stereocenters. The average Bonchev–Trinajstić information content (AvgIpc) is 1.78. The van der Waals surface area contributed by atoms with Gasteiger partial charge in [-0.25, -0.2) is 9.59 Å². The molecule has 2 fully saturated rings. The summed E-state index contributed by atoms with van der Waals surface area (Å²) in [5, 5.41) is 56.7. The van der Waals surface area contributed by atoms with E-state index in [1.807, 2.05) is 11.8 Å². The Bertz CT molecular complexity index is 2560. The summed E-state index contributed by atoms with van der Waals surface area (Å²) < 4.78 is 0. The molecule has 2 aromatic rings. The summed E-state index contributed by atoms with van der Waals surface area (Å²) in [6.45, 7) is 14.1. The number of carboxylic acids is 1. The molecule has 0 spiro atoms. The van der Waals surface area contributed by atoms with Crippen LogP contribution in [0.3, 0.4) is 0 Å². The maximum absolute atomic E-state index is 14.4. The smallest absolute Gasteiger partial charge is 0.326 e. The van der Waals surface area contributed by atoms with Crippen LogP contribution in [0.5, 0.6) is 0 Å². The van der Waals surface area contributed by atoms with Crippen LogP contribution in [-0.4, -0.2) is 165 Å². The highest BCUT2D eigenvalue weighted by atomic mass is 32.2. The zero-order chi connectivity index (χ0) is 62.3. The van der Waals surface area contributed by atoms with Crippen molar-refractivity contribution in [2.45, 2.75) is 204 Å². The SMILES string of the molecule is CC[C@H](C)[C@H](NC(=O)[C@@H](NCC(=O)CCCCNC(=O)CCCC[C@@H]1SC[C@]2(C)NC(=O)N[C@]12C)[C@@H](C)O)C(=O)N[C@H](C(=O)N[C@@H](Cc1ccc(C(=O)c2ccccc2)cc1)C(=O)N[C@@H](CCCCN)C(=O)N[C@@H](CC(C)C)C(=O)O)[C@@H](C)O. The number of amides is 8. The lowest BCUT2D eigenvalue weighted by Crippen LogP contribution is -2.63. The van der Waals surface area contributed by atoms with Crippen molar-refractivity contribution < 1.29 is 63.3 Å². The van der Waals surface area contributed by atoms with Crippen molar-refractivity contribution in [3.05, 3.63) is 71.3 Å². The molecule has 0 radical (unpaired) electrons. The third kappa shape index (κ3) is 20.9. The summed E-state index contributed by atoms with van der Waals surface area (Å²) in [7, 11) is 0. The molecule has 24 heteroatoms. The Morgan fingerprint density at radius 3 is 1.88 bits per heavy atom. The minimum Gasteiger partial charge on any atom is -0.480 e. The van der Waals surface area contributed by atoms with E-state index in [1.54, 1.807) is 82.3 Å². The van der Waals surface area contributed by atoms with Gasteiger partial charge < -0.3 is 63.6 Å². The van der Waals surface area contributed by atoms with Crippen LogP contribution in [0, 0.1) is 11.8 Å². The summed E-state index contributed by atoms with van der Waals surface area (Å²) >= 11 is 1.83. The second kappa shape index (κ2) is 33.9. The molecule has 2 aliphatic heterocycles. The molecule has 2 heterocycles. The number of aliphatic carboxylic acids is 1. The third-order valence-electron chi connectivity index (χ3n) is 15.8. The van der Waals surface area contributed by atoms with E-state index < -0.39 is 89.9 Å². The molecule has 23 nitrogen and oxygen atoms in total. The van der Waals surface area contributed by atoms with Gasteiger partial charge in [-0.1, -0.05) is 95.1 Å².